The maximum atomic E-state index is 11.4. The first-order chi connectivity index (χ1) is 7.41. The van der Waals surface area contributed by atoms with E-state index in [0.717, 1.165) is 12.8 Å². The number of ether oxygens (including phenoxy) is 1. The summed E-state index contributed by atoms with van der Waals surface area (Å²) in [7, 11) is 0. The number of hydrogen-bond acceptors (Lipinski definition) is 3. The standard InChI is InChI=1S/C13H24O3/c1-8(2)11-6-5-9(3)7-12(11)16-13(15)10(4)14/h8-12,14H,5-7H2,1-4H3/t9?,10-,11-,12?/m0/s1. The average molecular weight is 228 g/mol. The Balaban J connectivity index is 2.61. The van der Waals surface area contributed by atoms with E-state index in [-0.39, 0.29) is 6.10 Å². The lowest BCUT2D eigenvalue weighted by Gasteiger charge is -2.36. The van der Waals surface area contributed by atoms with Gasteiger partial charge in [-0.05, 0) is 37.5 Å². The highest BCUT2D eigenvalue weighted by Crippen LogP contribution is 2.35. The van der Waals surface area contributed by atoms with Crippen molar-refractivity contribution in [3.63, 3.8) is 0 Å². The van der Waals surface area contributed by atoms with Gasteiger partial charge < -0.3 is 9.84 Å². The van der Waals surface area contributed by atoms with Gasteiger partial charge in [-0.15, -0.1) is 0 Å². The molecule has 1 aliphatic carbocycles. The van der Waals surface area contributed by atoms with Crippen molar-refractivity contribution in [2.75, 3.05) is 0 Å². The van der Waals surface area contributed by atoms with Crippen molar-refractivity contribution >= 4 is 5.97 Å². The maximum absolute atomic E-state index is 11.4. The van der Waals surface area contributed by atoms with Crippen LogP contribution in [-0.4, -0.2) is 23.3 Å². The first-order valence-corrected chi connectivity index (χ1v) is 6.30. The van der Waals surface area contributed by atoms with Crippen LogP contribution in [-0.2, 0) is 9.53 Å². The molecule has 1 aliphatic rings. The minimum absolute atomic E-state index is 0.00847. The van der Waals surface area contributed by atoms with Gasteiger partial charge in [0.15, 0.2) is 0 Å². The van der Waals surface area contributed by atoms with Crippen molar-refractivity contribution in [1.29, 1.82) is 0 Å². The van der Waals surface area contributed by atoms with E-state index < -0.39 is 12.1 Å². The lowest BCUT2D eigenvalue weighted by molar-refractivity contribution is -0.164. The van der Waals surface area contributed by atoms with Gasteiger partial charge >= 0.3 is 5.97 Å². The van der Waals surface area contributed by atoms with E-state index in [1.54, 1.807) is 0 Å². The fraction of sp³-hybridized carbons (Fsp3) is 0.923. The van der Waals surface area contributed by atoms with Crippen molar-refractivity contribution in [3.8, 4) is 0 Å². The monoisotopic (exact) mass is 228 g/mol. The fourth-order valence-corrected chi connectivity index (χ4v) is 2.50. The number of esters is 1. The van der Waals surface area contributed by atoms with E-state index in [4.69, 9.17) is 9.84 Å². The van der Waals surface area contributed by atoms with Crippen LogP contribution in [0.5, 0.6) is 0 Å². The second-order valence-corrected chi connectivity index (χ2v) is 5.48. The molecule has 0 bridgehead atoms. The van der Waals surface area contributed by atoms with Crippen molar-refractivity contribution in [3.05, 3.63) is 0 Å². The summed E-state index contributed by atoms with van der Waals surface area (Å²) in [6.45, 7) is 7.99. The highest BCUT2D eigenvalue weighted by Gasteiger charge is 2.33. The van der Waals surface area contributed by atoms with Crippen molar-refractivity contribution in [2.24, 2.45) is 17.8 Å². The average Bonchev–Trinajstić information content (AvgIpc) is 2.16. The molecule has 0 aromatic carbocycles. The summed E-state index contributed by atoms with van der Waals surface area (Å²) in [6.07, 6.45) is 2.25. The molecule has 0 spiro atoms. The zero-order valence-electron chi connectivity index (χ0n) is 10.8. The largest absolute Gasteiger partial charge is 0.460 e. The van der Waals surface area contributed by atoms with Gasteiger partial charge in [0.2, 0.25) is 0 Å². The molecule has 3 nitrogen and oxygen atoms in total. The summed E-state index contributed by atoms with van der Waals surface area (Å²) < 4.78 is 5.41. The van der Waals surface area contributed by atoms with E-state index in [1.807, 2.05) is 0 Å². The third-order valence-corrected chi connectivity index (χ3v) is 3.57. The van der Waals surface area contributed by atoms with Crippen LogP contribution in [0.2, 0.25) is 0 Å². The Bertz CT molecular complexity index is 235. The number of aliphatic hydroxyl groups excluding tert-OH is 1. The van der Waals surface area contributed by atoms with Gasteiger partial charge in [0.25, 0.3) is 0 Å². The zero-order chi connectivity index (χ0) is 12.3. The molecule has 0 radical (unpaired) electrons. The Morgan fingerprint density at radius 1 is 1.31 bits per heavy atom. The smallest absolute Gasteiger partial charge is 0.334 e. The first-order valence-electron chi connectivity index (χ1n) is 6.30. The minimum Gasteiger partial charge on any atom is -0.460 e. The van der Waals surface area contributed by atoms with Gasteiger partial charge in [0.05, 0.1) is 0 Å². The van der Waals surface area contributed by atoms with Crippen LogP contribution >= 0.6 is 0 Å². The van der Waals surface area contributed by atoms with Crippen molar-refractivity contribution in [1.82, 2.24) is 0 Å². The predicted octanol–water partition coefficient (Wildman–Crippen LogP) is 2.37. The molecular formula is C13H24O3. The molecule has 94 valence electrons. The molecule has 4 atom stereocenters. The lowest BCUT2D eigenvalue weighted by atomic mass is 9.75. The molecule has 1 N–H and O–H groups in total. The molecule has 0 aromatic rings. The van der Waals surface area contributed by atoms with E-state index in [2.05, 4.69) is 20.8 Å². The molecular weight excluding hydrogens is 204 g/mol. The van der Waals surface area contributed by atoms with E-state index in [1.165, 1.54) is 13.3 Å². The molecule has 0 aromatic heterocycles. The SMILES string of the molecule is CC1CC[C@@H](C(C)C)C(OC(=O)[C@H](C)O)C1. The molecule has 1 fully saturated rings. The fourth-order valence-electron chi connectivity index (χ4n) is 2.50. The summed E-state index contributed by atoms with van der Waals surface area (Å²) in [5.41, 5.74) is 0. The van der Waals surface area contributed by atoms with Gasteiger partial charge in [0, 0.05) is 0 Å². The zero-order valence-corrected chi connectivity index (χ0v) is 10.8. The Kier molecular flexibility index (Phi) is 4.78. The Labute approximate surface area is 98.2 Å². The second-order valence-electron chi connectivity index (χ2n) is 5.48. The van der Waals surface area contributed by atoms with Gasteiger partial charge in [-0.2, -0.15) is 0 Å². The topological polar surface area (TPSA) is 46.5 Å². The van der Waals surface area contributed by atoms with Crippen LogP contribution in [0.1, 0.15) is 47.0 Å². The van der Waals surface area contributed by atoms with Crippen LogP contribution in [0.4, 0.5) is 0 Å². The molecule has 2 unspecified atom stereocenters. The summed E-state index contributed by atoms with van der Waals surface area (Å²) >= 11 is 0. The molecule has 0 amide bonds. The Morgan fingerprint density at radius 3 is 2.44 bits per heavy atom. The molecule has 16 heavy (non-hydrogen) atoms. The van der Waals surface area contributed by atoms with E-state index in [9.17, 15) is 4.79 Å². The van der Waals surface area contributed by atoms with Crippen LogP contribution < -0.4 is 0 Å². The Morgan fingerprint density at radius 2 is 1.94 bits per heavy atom. The third-order valence-electron chi connectivity index (χ3n) is 3.57. The number of carbonyl (C=O) groups excluding carboxylic acids is 1. The van der Waals surface area contributed by atoms with Gasteiger partial charge in [-0.25, -0.2) is 4.79 Å². The molecule has 1 rings (SSSR count). The summed E-state index contributed by atoms with van der Waals surface area (Å²) in [5.74, 6) is 1.10. The number of rotatable bonds is 3. The first kappa shape index (κ1) is 13.5. The minimum atomic E-state index is -1.01. The summed E-state index contributed by atoms with van der Waals surface area (Å²) in [6, 6.07) is 0. The van der Waals surface area contributed by atoms with Gasteiger partial charge in [-0.1, -0.05) is 27.2 Å². The normalized spacial score (nSPS) is 32.5. The molecule has 3 heteroatoms. The third kappa shape index (κ3) is 3.48. The van der Waals surface area contributed by atoms with Crippen LogP contribution in [0, 0.1) is 17.8 Å². The number of aliphatic hydroxyl groups is 1. The highest BCUT2D eigenvalue weighted by molar-refractivity contribution is 5.74. The predicted molar refractivity (Wildman–Crippen MR) is 62.9 cm³/mol. The molecule has 0 heterocycles. The van der Waals surface area contributed by atoms with Gasteiger partial charge in [0.1, 0.15) is 12.2 Å². The number of carbonyl (C=O) groups is 1. The maximum Gasteiger partial charge on any atom is 0.334 e. The quantitative estimate of drug-likeness (QED) is 0.754. The van der Waals surface area contributed by atoms with Crippen LogP contribution in [0.25, 0.3) is 0 Å². The van der Waals surface area contributed by atoms with E-state index >= 15 is 0 Å². The highest BCUT2D eigenvalue weighted by atomic mass is 16.6. The summed E-state index contributed by atoms with van der Waals surface area (Å²) in [5, 5.41) is 9.17. The second kappa shape index (κ2) is 5.67. The van der Waals surface area contributed by atoms with Crippen LogP contribution in [0.15, 0.2) is 0 Å². The molecule has 0 saturated heterocycles. The molecule has 0 aliphatic heterocycles. The van der Waals surface area contributed by atoms with Crippen molar-refractivity contribution in [2.45, 2.75) is 59.2 Å². The Hall–Kier alpha value is -0.570. The van der Waals surface area contributed by atoms with E-state index in [0.29, 0.717) is 17.8 Å². The molecule has 1 saturated carbocycles. The van der Waals surface area contributed by atoms with Gasteiger partial charge in [-0.3, -0.25) is 0 Å². The van der Waals surface area contributed by atoms with Crippen molar-refractivity contribution < 1.29 is 14.6 Å². The summed E-state index contributed by atoms with van der Waals surface area (Å²) in [4.78, 5) is 11.4. The number of hydrogen-bond donors (Lipinski definition) is 1. The van der Waals surface area contributed by atoms with Crippen LogP contribution in [0.3, 0.4) is 0 Å². The lowest BCUT2D eigenvalue weighted by Crippen LogP contribution is -2.37.